The summed E-state index contributed by atoms with van der Waals surface area (Å²) in [5.41, 5.74) is 7.58. The van der Waals surface area contributed by atoms with Gasteiger partial charge >= 0.3 is 11.9 Å². The molecule has 0 heterocycles. The molecule has 5 nitrogen and oxygen atoms in total. The summed E-state index contributed by atoms with van der Waals surface area (Å²) in [6, 6.07) is 4.96. The Morgan fingerprint density at radius 2 is 2.06 bits per heavy atom. The van der Waals surface area contributed by atoms with E-state index in [9.17, 15) is 9.59 Å². The minimum Gasteiger partial charge on any atom is -0.469 e. The van der Waals surface area contributed by atoms with E-state index in [1.54, 1.807) is 18.2 Å². The number of nitrogens with two attached hydrogens (primary N) is 1. The predicted molar refractivity (Wildman–Crippen MR) is 67.1 cm³/mol. The molecule has 2 N–H and O–H groups in total. The van der Waals surface area contributed by atoms with E-state index in [2.05, 4.69) is 4.74 Å². The second-order valence-corrected chi connectivity index (χ2v) is 3.89. The van der Waals surface area contributed by atoms with Gasteiger partial charge in [-0.05, 0) is 37.1 Å². The van der Waals surface area contributed by atoms with E-state index in [1.807, 2.05) is 6.92 Å². The lowest BCUT2D eigenvalue weighted by Crippen LogP contribution is -2.09. The second kappa shape index (κ2) is 6.64. The Hall–Kier alpha value is -2.04. The van der Waals surface area contributed by atoms with E-state index in [4.69, 9.17) is 10.5 Å². The maximum Gasteiger partial charge on any atom is 0.338 e. The van der Waals surface area contributed by atoms with Gasteiger partial charge < -0.3 is 15.2 Å². The zero-order valence-corrected chi connectivity index (χ0v) is 10.6. The van der Waals surface area contributed by atoms with Gasteiger partial charge in [-0.2, -0.15) is 0 Å². The van der Waals surface area contributed by atoms with Crippen LogP contribution in [0.3, 0.4) is 0 Å². The molecule has 0 spiro atoms. The fourth-order valence-corrected chi connectivity index (χ4v) is 1.37. The Balaban J connectivity index is 2.41. The predicted octanol–water partition coefficient (Wildman–Crippen LogP) is 1.69. The molecule has 0 saturated heterocycles. The number of hydrogen-bond donors (Lipinski definition) is 1. The second-order valence-electron chi connectivity index (χ2n) is 3.89. The lowest BCUT2D eigenvalue weighted by molar-refractivity contribution is -0.140. The zero-order valence-electron chi connectivity index (χ0n) is 10.6. The molecule has 0 atom stereocenters. The van der Waals surface area contributed by atoms with Crippen molar-refractivity contribution in [3.05, 3.63) is 29.3 Å². The molecular formula is C13H17NO4. The first-order valence-corrected chi connectivity index (χ1v) is 5.64. The molecule has 1 aromatic rings. The van der Waals surface area contributed by atoms with Crippen molar-refractivity contribution in [2.45, 2.75) is 19.8 Å². The maximum atomic E-state index is 11.6. The molecule has 0 radical (unpaired) electrons. The third kappa shape index (κ3) is 4.08. The van der Waals surface area contributed by atoms with Crippen LogP contribution in [0.25, 0.3) is 0 Å². The summed E-state index contributed by atoms with van der Waals surface area (Å²) < 4.78 is 9.51. The molecule has 0 bridgehead atoms. The van der Waals surface area contributed by atoms with Crippen molar-refractivity contribution < 1.29 is 19.1 Å². The first-order chi connectivity index (χ1) is 8.54. The molecule has 0 amide bonds. The van der Waals surface area contributed by atoms with Gasteiger partial charge in [0.2, 0.25) is 0 Å². The minimum atomic E-state index is -0.414. The van der Waals surface area contributed by atoms with E-state index in [-0.39, 0.29) is 19.0 Å². The van der Waals surface area contributed by atoms with Crippen molar-refractivity contribution in [3.8, 4) is 0 Å². The van der Waals surface area contributed by atoms with Gasteiger partial charge in [0.25, 0.3) is 0 Å². The van der Waals surface area contributed by atoms with Gasteiger partial charge in [0, 0.05) is 12.1 Å². The largest absolute Gasteiger partial charge is 0.469 e. The lowest BCUT2D eigenvalue weighted by atomic mass is 10.1. The summed E-state index contributed by atoms with van der Waals surface area (Å²) in [6.45, 7) is 2.01. The Morgan fingerprint density at radius 1 is 1.33 bits per heavy atom. The summed E-state index contributed by atoms with van der Waals surface area (Å²) in [5, 5.41) is 0. The first kappa shape index (κ1) is 14.0. The highest BCUT2D eigenvalue weighted by Gasteiger charge is 2.08. The van der Waals surface area contributed by atoms with Crippen molar-refractivity contribution in [2.75, 3.05) is 19.5 Å². The number of anilines is 1. The maximum absolute atomic E-state index is 11.6. The molecular weight excluding hydrogens is 234 g/mol. The zero-order chi connectivity index (χ0) is 13.5. The summed E-state index contributed by atoms with van der Waals surface area (Å²) >= 11 is 0. The van der Waals surface area contributed by atoms with Gasteiger partial charge in [-0.3, -0.25) is 4.79 Å². The molecule has 0 aromatic heterocycles. The summed E-state index contributed by atoms with van der Waals surface area (Å²) in [5.74, 6) is -0.725. The number of aryl methyl sites for hydroxylation is 1. The van der Waals surface area contributed by atoms with Crippen molar-refractivity contribution in [3.63, 3.8) is 0 Å². The SMILES string of the molecule is COC(=O)CCCOC(=O)c1ccc(N)c(C)c1. The van der Waals surface area contributed by atoms with Gasteiger partial charge in [-0.1, -0.05) is 0 Å². The number of nitrogen functional groups attached to an aromatic ring is 1. The molecule has 1 rings (SSSR count). The topological polar surface area (TPSA) is 78.6 Å². The Kier molecular flexibility index (Phi) is 5.17. The van der Waals surface area contributed by atoms with E-state index in [1.165, 1.54) is 7.11 Å². The van der Waals surface area contributed by atoms with Crippen molar-refractivity contribution in [1.29, 1.82) is 0 Å². The average Bonchev–Trinajstić information content (AvgIpc) is 2.37. The molecule has 0 saturated carbocycles. The van der Waals surface area contributed by atoms with E-state index in [0.717, 1.165) is 5.56 Å². The fourth-order valence-electron chi connectivity index (χ4n) is 1.37. The minimum absolute atomic E-state index is 0.192. The van der Waals surface area contributed by atoms with E-state index in [0.29, 0.717) is 17.7 Å². The number of esters is 2. The molecule has 0 fully saturated rings. The number of benzene rings is 1. The smallest absolute Gasteiger partial charge is 0.338 e. The fraction of sp³-hybridized carbons (Fsp3) is 0.385. The van der Waals surface area contributed by atoms with Crippen molar-refractivity contribution >= 4 is 17.6 Å². The van der Waals surface area contributed by atoms with Crippen LogP contribution >= 0.6 is 0 Å². The van der Waals surface area contributed by atoms with E-state index >= 15 is 0 Å². The Bertz CT molecular complexity index is 443. The lowest BCUT2D eigenvalue weighted by Gasteiger charge is -2.06. The van der Waals surface area contributed by atoms with Crippen LogP contribution in [0.2, 0.25) is 0 Å². The van der Waals surface area contributed by atoms with Crippen LogP contribution in [0.5, 0.6) is 0 Å². The number of hydrogen-bond acceptors (Lipinski definition) is 5. The highest BCUT2D eigenvalue weighted by Crippen LogP contribution is 2.13. The van der Waals surface area contributed by atoms with Gasteiger partial charge in [-0.25, -0.2) is 4.79 Å². The van der Waals surface area contributed by atoms with Gasteiger partial charge in [0.15, 0.2) is 0 Å². The molecule has 18 heavy (non-hydrogen) atoms. The highest BCUT2D eigenvalue weighted by atomic mass is 16.5. The molecule has 5 heteroatoms. The summed E-state index contributed by atoms with van der Waals surface area (Å²) in [4.78, 5) is 22.5. The summed E-state index contributed by atoms with van der Waals surface area (Å²) in [7, 11) is 1.32. The van der Waals surface area contributed by atoms with Crippen LogP contribution in [-0.2, 0) is 14.3 Å². The van der Waals surface area contributed by atoms with Gasteiger partial charge in [0.1, 0.15) is 0 Å². The standard InChI is InChI=1S/C13H17NO4/c1-9-8-10(5-6-11(9)14)13(16)18-7-3-4-12(15)17-2/h5-6,8H,3-4,7,14H2,1-2H3. The van der Waals surface area contributed by atoms with Crippen LogP contribution in [0, 0.1) is 6.92 Å². The average molecular weight is 251 g/mol. The van der Waals surface area contributed by atoms with Crippen LogP contribution < -0.4 is 5.73 Å². The molecule has 98 valence electrons. The molecule has 0 aliphatic carbocycles. The third-order valence-electron chi connectivity index (χ3n) is 2.49. The monoisotopic (exact) mass is 251 g/mol. The van der Waals surface area contributed by atoms with Crippen LogP contribution in [0.1, 0.15) is 28.8 Å². The van der Waals surface area contributed by atoms with E-state index < -0.39 is 5.97 Å². The van der Waals surface area contributed by atoms with Crippen LogP contribution in [0.4, 0.5) is 5.69 Å². The van der Waals surface area contributed by atoms with Gasteiger partial charge in [0.05, 0.1) is 19.3 Å². The molecule has 0 aliphatic rings. The van der Waals surface area contributed by atoms with Crippen LogP contribution in [0.15, 0.2) is 18.2 Å². The van der Waals surface area contributed by atoms with Crippen LogP contribution in [-0.4, -0.2) is 25.7 Å². The number of carbonyl (C=O) groups is 2. The number of ether oxygens (including phenoxy) is 2. The third-order valence-corrected chi connectivity index (χ3v) is 2.49. The highest BCUT2D eigenvalue weighted by molar-refractivity contribution is 5.90. The first-order valence-electron chi connectivity index (χ1n) is 5.64. The quantitative estimate of drug-likeness (QED) is 0.489. The Labute approximate surface area is 106 Å². The molecule has 1 aromatic carbocycles. The van der Waals surface area contributed by atoms with Crippen molar-refractivity contribution in [2.24, 2.45) is 0 Å². The van der Waals surface area contributed by atoms with Crippen molar-refractivity contribution in [1.82, 2.24) is 0 Å². The number of rotatable bonds is 5. The van der Waals surface area contributed by atoms with Gasteiger partial charge in [-0.15, -0.1) is 0 Å². The number of methoxy groups -OCH3 is 1. The molecule has 0 aliphatic heterocycles. The summed E-state index contributed by atoms with van der Waals surface area (Å²) in [6.07, 6.45) is 0.691. The Morgan fingerprint density at radius 3 is 2.67 bits per heavy atom. The molecule has 0 unspecified atom stereocenters. The normalized spacial score (nSPS) is 9.89. The number of carbonyl (C=O) groups excluding carboxylic acids is 2.